The smallest absolute Gasteiger partial charge is 0.337 e. The summed E-state index contributed by atoms with van der Waals surface area (Å²) in [6.45, 7) is 2.91. The number of carbonyl (C=O) groups excluding carboxylic acids is 1. The Kier molecular flexibility index (Phi) is 3.77. The molecule has 2 heterocycles. The highest BCUT2D eigenvalue weighted by Gasteiger charge is 2.41. The van der Waals surface area contributed by atoms with Gasteiger partial charge in [-0.3, -0.25) is 0 Å². The van der Waals surface area contributed by atoms with Crippen LogP contribution in [-0.2, 0) is 9.47 Å². The molecule has 3 atom stereocenters. The largest absolute Gasteiger partial charge is 0.465 e. The first kappa shape index (κ1) is 15.2. The summed E-state index contributed by atoms with van der Waals surface area (Å²) >= 11 is 0. The van der Waals surface area contributed by atoms with Crippen LogP contribution in [0.25, 0.3) is 0 Å². The lowest BCUT2D eigenvalue weighted by molar-refractivity contribution is 0.0600. The first-order valence-corrected chi connectivity index (χ1v) is 8.34. The highest BCUT2D eigenvalue weighted by molar-refractivity contribution is 5.89. The maximum atomic E-state index is 11.6. The lowest BCUT2D eigenvalue weighted by Crippen LogP contribution is -2.29. The predicted octanol–water partition coefficient (Wildman–Crippen LogP) is 4.03. The number of fused-ring (bicyclic) bond motifs is 3. The third-order valence-corrected chi connectivity index (χ3v) is 5.08. The van der Waals surface area contributed by atoms with Gasteiger partial charge in [0.25, 0.3) is 0 Å². The normalized spacial score (nSPS) is 24.7. The molecule has 2 aliphatic heterocycles. The summed E-state index contributed by atoms with van der Waals surface area (Å²) < 4.78 is 10.8. The van der Waals surface area contributed by atoms with Crippen molar-refractivity contribution >= 4 is 11.7 Å². The van der Waals surface area contributed by atoms with Gasteiger partial charge in [-0.15, -0.1) is 0 Å². The van der Waals surface area contributed by atoms with Crippen molar-refractivity contribution in [2.45, 2.75) is 25.5 Å². The molecule has 124 valence electrons. The Morgan fingerprint density at radius 2 is 2.00 bits per heavy atom. The number of ether oxygens (including phenoxy) is 2. The summed E-state index contributed by atoms with van der Waals surface area (Å²) in [7, 11) is 1.40. The van der Waals surface area contributed by atoms with Gasteiger partial charge in [-0.1, -0.05) is 29.8 Å². The van der Waals surface area contributed by atoms with E-state index in [-0.39, 0.29) is 18.1 Å². The van der Waals surface area contributed by atoms with E-state index in [1.165, 1.54) is 23.8 Å². The molecule has 24 heavy (non-hydrogen) atoms. The number of rotatable bonds is 2. The Balaban J connectivity index is 1.68. The maximum absolute atomic E-state index is 11.6. The fraction of sp³-hybridized carbons (Fsp3) is 0.350. The van der Waals surface area contributed by atoms with Crippen molar-refractivity contribution < 1.29 is 14.3 Å². The van der Waals surface area contributed by atoms with Gasteiger partial charge in [0.15, 0.2) is 0 Å². The number of hydrogen-bond acceptors (Lipinski definition) is 4. The lowest BCUT2D eigenvalue weighted by Gasteiger charge is -2.36. The minimum atomic E-state index is -0.305. The molecule has 1 unspecified atom stereocenters. The Morgan fingerprint density at radius 3 is 2.75 bits per heavy atom. The van der Waals surface area contributed by atoms with Crippen LogP contribution in [0.5, 0.6) is 0 Å². The van der Waals surface area contributed by atoms with Gasteiger partial charge in [0.05, 0.1) is 24.8 Å². The van der Waals surface area contributed by atoms with Crippen LogP contribution in [0, 0.1) is 12.8 Å². The predicted molar refractivity (Wildman–Crippen MR) is 92.1 cm³/mol. The van der Waals surface area contributed by atoms with Crippen LogP contribution in [0.15, 0.2) is 42.5 Å². The minimum Gasteiger partial charge on any atom is -0.465 e. The van der Waals surface area contributed by atoms with E-state index in [1.54, 1.807) is 0 Å². The Labute approximate surface area is 141 Å². The van der Waals surface area contributed by atoms with Crippen LogP contribution in [0.3, 0.4) is 0 Å². The molecule has 4 nitrogen and oxygen atoms in total. The number of esters is 1. The van der Waals surface area contributed by atoms with Gasteiger partial charge in [-0.05, 0) is 37.1 Å². The molecule has 0 spiro atoms. The van der Waals surface area contributed by atoms with E-state index in [2.05, 4.69) is 30.4 Å². The average molecular weight is 323 g/mol. The number of benzene rings is 2. The van der Waals surface area contributed by atoms with Crippen molar-refractivity contribution in [3.8, 4) is 0 Å². The van der Waals surface area contributed by atoms with Gasteiger partial charge in [0, 0.05) is 23.8 Å². The van der Waals surface area contributed by atoms with E-state index in [1.807, 2.05) is 24.3 Å². The Morgan fingerprint density at radius 1 is 1.21 bits per heavy atom. The lowest BCUT2D eigenvalue weighted by atomic mass is 9.80. The highest BCUT2D eigenvalue weighted by atomic mass is 16.5. The van der Waals surface area contributed by atoms with Crippen molar-refractivity contribution in [1.29, 1.82) is 0 Å². The second-order valence-electron chi connectivity index (χ2n) is 6.57. The minimum absolute atomic E-state index is 0.145. The fourth-order valence-electron chi connectivity index (χ4n) is 3.87. The van der Waals surface area contributed by atoms with E-state index in [0.29, 0.717) is 11.5 Å². The monoisotopic (exact) mass is 323 g/mol. The molecule has 2 aromatic rings. The van der Waals surface area contributed by atoms with Crippen LogP contribution in [-0.4, -0.2) is 19.7 Å². The molecule has 1 saturated heterocycles. The van der Waals surface area contributed by atoms with Crippen LogP contribution in [0.4, 0.5) is 5.69 Å². The van der Waals surface area contributed by atoms with E-state index >= 15 is 0 Å². The molecule has 4 heteroatoms. The molecule has 4 rings (SSSR count). The highest BCUT2D eigenvalue weighted by Crippen LogP contribution is 2.49. The summed E-state index contributed by atoms with van der Waals surface area (Å²) in [6.07, 6.45) is 1.18. The Hall–Kier alpha value is -2.33. The molecule has 0 radical (unpaired) electrons. The van der Waals surface area contributed by atoms with E-state index in [9.17, 15) is 4.79 Å². The summed E-state index contributed by atoms with van der Waals surface area (Å²) in [6, 6.07) is 14.4. The third kappa shape index (κ3) is 2.47. The number of carbonyl (C=O) groups is 1. The molecule has 0 bridgehead atoms. The Bertz CT molecular complexity index is 769. The van der Waals surface area contributed by atoms with Gasteiger partial charge in [0.1, 0.15) is 0 Å². The standard InChI is InChI=1S/C20H21NO3/c1-12-3-8-17-16(11-12)19-15(9-10-24-19)18(21-17)13-4-6-14(7-5-13)20(22)23-2/h3-8,11,15,18-19,21H,9-10H2,1-2H3/t15-,18?,19-/m0/s1. The zero-order valence-corrected chi connectivity index (χ0v) is 13.9. The zero-order valence-electron chi connectivity index (χ0n) is 13.9. The maximum Gasteiger partial charge on any atom is 0.337 e. The van der Waals surface area contributed by atoms with E-state index in [0.717, 1.165) is 18.7 Å². The first-order chi connectivity index (χ1) is 11.7. The molecule has 0 aromatic heterocycles. The number of anilines is 1. The number of methoxy groups -OCH3 is 1. The van der Waals surface area contributed by atoms with Crippen molar-refractivity contribution in [1.82, 2.24) is 0 Å². The molecule has 2 aliphatic rings. The number of aryl methyl sites for hydroxylation is 1. The van der Waals surface area contributed by atoms with Gasteiger partial charge < -0.3 is 14.8 Å². The zero-order chi connectivity index (χ0) is 16.7. The van der Waals surface area contributed by atoms with Gasteiger partial charge in [-0.25, -0.2) is 4.79 Å². The van der Waals surface area contributed by atoms with E-state index in [4.69, 9.17) is 9.47 Å². The van der Waals surface area contributed by atoms with Crippen LogP contribution >= 0.6 is 0 Å². The van der Waals surface area contributed by atoms with Crippen molar-refractivity contribution in [3.05, 3.63) is 64.7 Å². The van der Waals surface area contributed by atoms with Gasteiger partial charge in [0.2, 0.25) is 0 Å². The summed E-state index contributed by atoms with van der Waals surface area (Å²) in [5, 5.41) is 3.68. The third-order valence-electron chi connectivity index (χ3n) is 5.08. The number of nitrogens with one attached hydrogen (secondary N) is 1. The van der Waals surface area contributed by atoms with Crippen molar-refractivity contribution in [2.75, 3.05) is 19.0 Å². The van der Waals surface area contributed by atoms with Crippen molar-refractivity contribution in [3.63, 3.8) is 0 Å². The second kappa shape index (κ2) is 5.95. The molecule has 1 N–H and O–H groups in total. The number of hydrogen-bond donors (Lipinski definition) is 1. The molecular weight excluding hydrogens is 302 g/mol. The van der Waals surface area contributed by atoms with Gasteiger partial charge in [-0.2, -0.15) is 0 Å². The van der Waals surface area contributed by atoms with Crippen molar-refractivity contribution in [2.24, 2.45) is 5.92 Å². The second-order valence-corrected chi connectivity index (χ2v) is 6.57. The molecule has 1 fully saturated rings. The first-order valence-electron chi connectivity index (χ1n) is 8.34. The SMILES string of the molecule is COC(=O)c1ccc(C2Nc3ccc(C)cc3[C@H]3OCC[C@@H]23)cc1. The summed E-state index contributed by atoms with van der Waals surface area (Å²) in [5.41, 5.74) is 5.41. The molecule has 0 amide bonds. The van der Waals surface area contributed by atoms with Crippen LogP contribution < -0.4 is 5.32 Å². The topological polar surface area (TPSA) is 47.6 Å². The molecule has 0 aliphatic carbocycles. The summed E-state index contributed by atoms with van der Waals surface area (Å²) in [4.78, 5) is 11.6. The quantitative estimate of drug-likeness (QED) is 0.848. The van der Waals surface area contributed by atoms with Crippen LogP contribution in [0.2, 0.25) is 0 Å². The summed E-state index contributed by atoms with van der Waals surface area (Å²) in [5.74, 6) is 0.101. The molecule has 2 aromatic carbocycles. The van der Waals surface area contributed by atoms with E-state index < -0.39 is 0 Å². The van der Waals surface area contributed by atoms with Crippen LogP contribution in [0.1, 0.15) is 45.6 Å². The fourth-order valence-corrected chi connectivity index (χ4v) is 3.87. The molecule has 0 saturated carbocycles. The van der Waals surface area contributed by atoms with Gasteiger partial charge >= 0.3 is 5.97 Å². The molecular formula is C20H21NO3. The average Bonchev–Trinajstić information content (AvgIpc) is 3.11.